The van der Waals surface area contributed by atoms with Crippen molar-refractivity contribution in [1.82, 2.24) is 0 Å². The van der Waals surface area contributed by atoms with Crippen molar-refractivity contribution in [2.45, 2.75) is 4.90 Å². The quantitative estimate of drug-likeness (QED) is 0.821. The van der Waals surface area contributed by atoms with Crippen LogP contribution in [0.4, 0.5) is 14.5 Å². The minimum Gasteiger partial charge on any atom is -0.478 e. The largest absolute Gasteiger partial charge is 0.478 e. The number of hydrogen-bond acceptors (Lipinski definition) is 3. The standard InChI is InChI=1S/C15H11F2NO4S/c16-12-2-1-3-13(17)15(12)18-23(21,22)11-7-4-10(5-8-11)6-9-14(19)20/h1-9,18H,(H,19,20)/b9-6+. The zero-order chi connectivity index (χ0) is 17.0. The normalized spacial score (nSPS) is 11.6. The number of rotatable bonds is 5. The van der Waals surface area contributed by atoms with Crippen molar-refractivity contribution in [2.75, 3.05) is 4.72 Å². The van der Waals surface area contributed by atoms with Crippen LogP contribution in [0.5, 0.6) is 0 Å². The summed E-state index contributed by atoms with van der Waals surface area (Å²) in [5.41, 5.74) is -0.300. The average molecular weight is 339 g/mol. The molecule has 8 heteroatoms. The van der Waals surface area contributed by atoms with Crippen LogP contribution in [0.2, 0.25) is 0 Å². The van der Waals surface area contributed by atoms with E-state index in [0.717, 1.165) is 24.3 Å². The molecular formula is C15H11F2NO4S. The number of benzene rings is 2. The molecule has 5 nitrogen and oxygen atoms in total. The summed E-state index contributed by atoms with van der Waals surface area (Å²) in [6, 6.07) is 8.11. The van der Waals surface area contributed by atoms with Crippen LogP contribution in [0.15, 0.2) is 53.4 Å². The lowest BCUT2D eigenvalue weighted by Gasteiger charge is -2.10. The summed E-state index contributed by atoms with van der Waals surface area (Å²) in [7, 11) is -4.18. The molecule has 0 aliphatic heterocycles. The van der Waals surface area contributed by atoms with Crippen molar-refractivity contribution < 1.29 is 27.1 Å². The van der Waals surface area contributed by atoms with Crippen molar-refractivity contribution in [3.63, 3.8) is 0 Å². The van der Waals surface area contributed by atoms with E-state index in [2.05, 4.69) is 0 Å². The first kappa shape index (κ1) is 16.6. The molecule has 0 fully saturated rings. The SMILES string of the molecule is O=C(O)/C=C/c1ccc(S(=O)(=O)Nc2c(F)cccc2F)cc1. The number of hydrogen-bond donors (Lipinski definition) is 2. The fourth-order valence-electron chi connectivity index (χ4n) is 1.71. The maximum atomic E-state index is 13.5. The van der Waals surface area contributed by atoms with E-state index >= 15 is 0 Å². The smallest absolute Gasteiger partial charge is 0.328 e. The van der Waals surface area contributed by atoms with Gasteiger partial charge >= 0.3 is 5.97 Å². The Balaban J connectivity index is 2.28. The van der Waals surface area contributed by atoms with E-state index < -0.39 is 33.3 Å². The molecular weight excluding hydrogens is 328 g/mol. The Labute approximate surface area is 130 Å². The summed E-state index contributed by atoms with van der Waals surface area (Å²) < 4.78 is 53.1. The van der Waals surface area contributed by atoms with Gasteiger partial charge in [-0.2, -0.15) is 0 Å². The first-order valence-corrected chi connectivity index (χ1v) is 7.76. The number of aliphatic carboxylic acids is 1. The Morgan fingerprint density at radius 1 is 1.04 bits per heavy atom. The number of carboxylic acid groups (broad SMARTS) is 1. The maximum Gasteiger partial charge on any atom is 0.328 e. The van der Waals surface area contributed by atoms with Crippen LogP contribution in [-0.2, 0) is 14.8 Å². The van der Waals surface area contributed by atoms with Crippen LogP contribution in [0, 0.1) is 11.6 Å². The lowest BCUT2D eigenvalue weighted by atomic mass is 10.2. The van der Waals surface area contributed by atoms with Crippen molar-refractivity contribution in [3.05, 3.63) is 65.7 Å². The minimum atomic E-state index is -4.18. The number of carboxylic acids is 1. The number of anilines is 1. The minimum absolute atomic E-state index is 0.215. The van der Waals surface area contributed by atoms with Gasteiger partial charge in [0.15, 0.2) is 0 Å². The highest BCUT2D eigenvalue weighted by Gasteiger charge is 2.18. The van der Waals surface area contributed by atoms with Crippen LogP contribution in [0.1, 0.15) is 5.56 Å². The topological polar surface area (TPSA) is 83.5 Å². The Morgan fingerprint density at radius 3 is 2.13 bits per heavy atom. The summed E-state index contributed by atoms with van der Waals surface area (Å²) >= 11 is 0. The van der Waals surface area contributed by atoms with Crippen molar-refractivity contribution in [2.24, 2.45) is 0 Å². The number of para-hydroxylation sites is 1. The molecule has 0 heterocycles. The number of carbonyl (C=O) groups is 1. The predicted molar refractivity (Wildman–Crippen MR) is 80.3 cm³/mol. The maximum absolute atomic E-state index is 13.5. The van der Waals surface area contributed by atoms with Gasteiger partial charge in [0.2, 0.25) is 0 Å². The molecule has 0 radical (unpaired) electrons. The Hall–Kier alpha value is -2.74. The highest BCUT2D eigenvalue weighted by molar-refractivity contribution is 7.92. The Kier molecular flexibility index (Phi) is 4.75. The van der Waals surface area contributed by atoms with Gasteiger partial charge in [0.05, 0.1) is 4.90 Å². The molecule has 0 spiro atoms. The first-order chi connectivity index (χ1) is 10.8. The van der Waals surface area contributed by atoms with Gasteiger partial charge in [-0.25, -0.2) is 22.0 Å². The molecule has 2 rings (SSSR count). The van der Waals surface area contributed by atoms with Gasteiger partial charge in [-0.1, -0.05) is 18.2 Å². The molecule has 0 saturated heterocycles. The zero-order valence-corrected chi connectivity index (χ0v) is 12.3. The van der Waals surface area contributed by atoms with Gasteiger partial charge in [0.25, 0.3) is 10.0 Å². The van der Waals surface area contributed by atoms with E-state index in [-0.39, 0.29) is 4.90 Å². The second-order valence-corrected chi connectivity index (χ2v) is 6.13. The predicted octanol–water partition coefficient (Wildman–Crippen LogP) is 2.86. The lowest BCUT2D eigenvalue weighted by molar-refractivity contribution is -0.131. The molecule has 23 heavy (non-hydrogen) atoms. The van der Waals surface area contributed by atoms with E-state index in [1.165, 1.54) is 30.3 Å². The first-order valence-electron chi connectivity index (χ1n) is 6.27. The molecule has 0 amide bonds. The molecule has 0 bridgehead atoms. The van der Waals surface area contributed by atoms with Gasteiger partial charge in [-0.05, 0) is 35.9 Å². The zero-order valence-electron chi connectivity index (χ0n) is 11.5. The van der Waals surface area contributed by atoms with Crippen LogP contribution >= 0.6 is 0 Å². The fraction of sp³-hybridized carbons (Fsp3) is 0. The average Bonchev–Trinajstić information content (AvgIpc) is 2.49. The number of halogens is 2. The van der Waals surface area contributed by atoms with Gasteiger partial charge in [0, 0.05) is 6.08 Å². The highest BCUT2D eigenvalue weighted by atomic mass is 32.2. The summed E-state index contributed by atoms with van der Waals surface area (Å²) in [5, 5.41) is 8.51. The Bertz CT molecular complexity index is 841. The molecule has 0 aliphatic rings. The summed E-state index contributed by atoms with van der Waals surface area (Å²) in [6.07, 6.45) is 2.18. The molecule has 0 aromatic heterocycles. The fourth-order valence-corrected chi connectivity index (χ4v) is 2.79. The molecule has 0 atom stereocenters. The van der Waals surface area contributed by atoms with E-state index in [9.17, 15) is 22.0 Å². The highest BCUT2D eigenvalue weighted by Crippen LogP contribution is 2.22. The van der Waals surface area contributed by atoms with Gasteiger partial charge in [-0.3, -0.25) is 4.72 Å². The van der Waals surface area contributed by atoms with E-state index in [0.29, 0.717) is 5.56 Å². The van der Waals surface area contributed by atoms with E-state index in [4.69, 9.17) is 5.11 Å². The van der Waals surface area contributed by atoms with Crippen LogP contribution in [0.3, 0.4) is 0 Å². The molecule has 2 N–H and O–H groups in total. The second kappa shape index (κ2) is 6.57. The third kappa shape index (κ3) is 4.13. The van der Waals surface area contributed by atoms with Gasteiger partial charge < -0.3 is 5.11 Å². The summed E-state index contributed by atoms with van der Waals surface area (Å²) in [6.45, 7) is 0. The number of sulfonamides is 1. The third-order valence-corrected chi connectivity index (χ3v) is 4.17. The van der Waals surface area contributed by atoms with Gasteiger partial charge in [-0.15, -0.1) is 0 Å². The Morgan fingerprint density at radius 2 is 1.61 bits per heavy atom. The molecule has 120 valence electrons. The van der Waals surface area contributed by atoms with Crippen LogP contribution < -0.4 is 4.72 Å². The molecule has 2 aromatic rings. The molecule has 0 aliphatic carbocycles. The van der Waals surface area contributed by atoms with E-state index in [1.54, 1.807) is 0 Å². The van der Waals surface area contributed by atoms with E-state index in [1.807, 2.05) is 4.72 Å². The second-order valence-electron chi connectivity index (χ2n) is 4.44. The van der Waals surface area contributed by atoms with Crippen molar-refractivity contribution >= 4 is 27.8 Å². The number of nitrogens with one attached hydrogen (secondary N) is 1. The summed E-state index contributed by atoms with van der Waals surface area (Å²) in [4.78, 5) is 10.2. The lowest BCUT2D eigenvalue weighted by Crippen LogP contribution is -2.15. The van der Waals surface area contributed by atoms with Crippen LogP contribution in [0.25, 0.3) is 6.08 Å². The molecule has 0 unspecified atom stereocenters. The molecule has 0 saturated carbocycles. The summed E-state index contributed by atoms with van der Waals surface area (Å²) in [5.74, 6) is -3.21. The molecule has 2 aromatic carbocycles. The monoisotopic (exact) mass is 339 g/mol. The third-order valence-electron chi connectivity index (χ3n) is 2.81. The van der Waals surface area contributed by atoms with Crippen molar-refractivity contribution in [3.8, 4) is 0 Å². The van der Waals surface area contributed by atoms with Crippen LogP contribution in [-0.4, -0.2) is 19.5 Å². The van der Waals surface area contributed by atoms with Crippen molar-refractivity contribution in [1.29, 1.82) is 0 Å². The van der Waals surface area contributed by atoms with Gasteiger partial charge in [0.1, 0.15) is 17.3 Å².